The van der Waals surface area contributed by atoms with Gasteiger partial charge in [0.2, 0.25) is 0 Å². The van der Waals surface area contributed by atoms with Gasteiger partial charge in [-0.15, -0.1) is 0 Å². The second kappa shape index (κ2) is 9.38. The minimum Gasteiger partial charge on any atom is -0.493 e. The molecule has 0 saturated carbocycles. The zero-order valence-electron chi connectivity index (χ0n) is 19.9. The third kappa shape index (κ3) is 4.21. The first-order chi connectivity index (χ1) is 16.6. The minimum absolute atomic E-state index is 0.0882. The smallest absolute Gasteiger partial charge is 0.253 e. The molecule has 5 rings (SSSR count). The fourth-order valence-corrected chi connectivity index (χ4v) is 4.78. The van der Waals surface area contributed by atoms with Crippen LogP contribution >= 0.6 is 0 Å². The zero-order chi connectivity index (χ0) is 23.7. The molecule has 2 aliphatic heterocycles. The first-order valence-electron chi connectivity index (χ1n) is 11.8. The molecule has 1 aromatic heterocycles. The maximum atomic E-state index is 12.8. The molecule has 1 amide bonds. The van der Waals surface area contributed by atoms with Gasteiger partial charge in [-0.05, 0) is 43.2 Å². The van der Waals surface area contributed by atoms with Gasteiger partial charge < -0.3 is 25.0 Å². The second-order valence-corrected chi connectivity index (χ2v) is 8.88. The van der Waals surface area contributed by atoms with E-state index in [9.17, 15) is 4.79 Å². The Bertz CT molecular complexity index is 1170. The molecule has 0 bridgehead atoms. The number of nitrogens with zero attached hydrogens (tertiary/aromatic N) is 3. The molecular formula is C26H31N5O3. The summed E-state index contributed by atoms with van der Waals surface area (Å²) in [6, 6.07) is 16.3. The monoisotopic (exact) mass is 461 g/mol. The number of carbonyl (C=O) groups is 1. The molecule has 2 atom stereocenters. The Morgan fingerprint density at radius 1 is 1.00 bits per heavy atom. The van der Waals surface area contributed by atoms with Gasteiger partial charge in [-0.2, -0.15) is 5.10 Å². The number of carbonyl (C=O) groups excluding carboxylic acids is 1. The van der Waals surface area contributed by atoms with E-state index in [4.69, 9.17) is 14.6 Å². The molecule has 2 N–H and O–H groups in total. The van der Waals surface area contributed by atoms with Gasteiger partial charge in [0.05, 0.1) is 32.0 Å². The fraction of sp³-hybridized carbons (Fsp3) is 0.385. The van der Waals surface area contributed by atoms with Crippen LogP contribution in [-0.4, -0.2) is 61.0 Å². The van der Waals surface area contributed by atoms with Crippen LogP contribution < -0.4 is 20.1 Å². The van der Waals surface area contributed by atoms with Crippen LogP contribution in [0.2, 0.25) is 0 Å². The van der Waals surface area contributed by atoms with Gasteiger partial charge in [0, 0.05) is 43.4 Å². The lowest BCUT2D eigenvalue weighted by Gasteiger charge is -2.30. The van der Waals surface area contributed by atoms with Crippen LogP contribution in [0, 0.1) is 0 Å². The fourth-order valence-electron chi connectivity index (χ4n) is 4.78. The molecule has 2 aliphatic rings. The summed E-state index contributed by atoms with van der Waals surface area (Å²) in [5.74, 6) is 2.52. The molecule has 178 valence electrons. The van der Waals surface area contributed by atoms with Crippen LogP contribution in [-0.2, 0) is 0 Å². The van der Waals surface area contributed by atoms with E-state index < -0.39 is 0 Å². The normalized spacial score (nSPS) is 19.8. The Labute approximate surface area is 199 Å². The highest BCUT2D eigenvalue weighted by atomic mass is 16.5. The van der Waals surface area contributed by atoms with E-state index in [0.717, 1.165) is 72.3 Å². The molecule has 1 fully saturated rings. The summed E-state index contributed by atoms with van der Waals surface area (Å²) in [6.07, 6.45) is 0.904. The molecule has 2 aromatic carbocycles. The predicted molar refractivity (Wildman–Crippen MR) is 132 cm³/mol. The highest BCUT2D eigenvalue weighted by Crippen LogP contribution is 2.39. The van der Waals surface area contributed by atoms with Crippen LogP contribution in [0.1, 0.15) is 41.3 Å². The summed E-state index contributed by atoms with van der Waals surface area (Å²) in [5.41, 5.74) is 3.75. The highest BCUT2D eigenvalue weighted by molar-refractivity contribution is 5.94. The molecule has 0 unspecified atom stereocenters. The summed E-state index contributed by atoms with van der Waals surface area (Å²) in [5, 5.41) is 11.8. The van der Waals surface area contributed by atoms with Gasteiger partial charge in [-0.25, -0.2) is 4.68 Å². The second-order valence-electron chi connectivity index (χ2n) is 8.88. The van der Waals surface area contributed by atoms with Gasteiger partial charge in [0.25, 0.3) is 5.91 Å². The maximum Gasteiger partial charge on any atom is 0.253 e. The van der Waals surface area contributed by atoms with Crippen molar-refractivity contribution >= 4 is 11.7 Å². The summed E-state index contributed by atoms with van der Waals surface area (Å²) >= 11 is 0. The van der Waals surface area contributed by atoms with Crippen molar-refractivity contribution in [1.82, 2.24) is 20.0 Å². The van der Waals surface area contributed by atoms with Gasteiger partial charge in [0.15, 0.2) is 11.5 Å². The molecule has 3 aromatic rings. The molecule has 34 heavy (non-hydrogen) atoms. The summed E-state index contributed by atoms with van der Waals surface area (Å²) < 4.78 is 12.9. The molecule has 0 radical (unpaired) electrons. The van der Waals surface area contributed by atoms with Gasteiger partial charge in [-0.1, -0.05) is 18.2 Å². The number of ether oxygens (including phenoxy) is 2. The van der Waals surface area contributed by atoms with E-state index in [2.05, 4.69) is 29.7 Å². The maximum absolute atomic E-state index is 12.8. The number of methoxy groups -OCH3 is 2. The van der Waals surface area contributed by atoms with E-state index in [1.54, 1.807) is 14.2 Å². The van der Waals surface area contributed by atoms with Crippen LogP contribution in [0.25, 0.3) is 11.3 Å². The van der Waals surface area contributed by atoms with Crippen molar-refractivity contribution in [2.75, 3.05) is 45.7 Å². The molecule has 8 nitrogen and oxygen atoms in total. The number of rotatable bonds is 5. The minimum atomic E-state index is 0.0882. The van der Waals surface area contributed by atoms with Crippen LogP contribution in [0.3, 0.4) is 0 Å². The molecule has 0 aliphatic carbocycles. The molecule has 3 heterocycles. The van der Waals surface area contributed by atoms with Gasteiger partial charge in [-0.3, -0.25) is 4.79 Å². The van der Waals surface area contributed by atoms with Crippen LogP contribution in [0.5, 0.6) is 11.5 Å². The van der Waals surface area contributed by atoms with Crippen molar-refractivity contribution in [3.05, 3.63) is 59.7 Å². The number of fused-ring (bicyclic) bond motifs is 1. The number of hydrogen-bond acceptors (Lipinski definition) is 6. The number of anilines is 1. The van der Waals surface area contributed by atoms with Crippen molar-refractivity contribution in [2.45, 2.75) is 25.4 Å². The third-order valence-corrected chi connectivity index (χ3v) is 6.69. The Kier molecular flexibility index (Phi) is 6.15. The first kappa shape index (κ1) is 22.3. The quantitative estimate of drug-likeness (QED) is 0.603. The van der Waals surface area contributed by atoms with Crippen LogP contribution in [0.4, 0.5) is 5.82 Å². The van der Waals surface area contributed by atoms with Crippen molar-refractivity contribution in [3.8, 4) is 22.8 Å². The Hall–Kier alpha value is -3.52. The molecule has 8 heteroatoms. The number of nitrogens with one attached hydrogen (secondary N) is 2. The number of amides is 1. The Morgan fingerprint density at radius 3 is 2.44 bits per heavy atom. The van der Waals surface area contributed by atoms with Crippen molar-refractivity contribution in [3.63, 3.8) is 0 Å². The van der Waals surface area contributed by atoms with E-state index in [0.29, 0.717) is 0 Å². The largest absolute Gasteiger partial charge is 0.493 e. The molecule has 0 spiro atoms. The number of piperazine rings is 1. The predicted octanol–water partition coefficient (Wildman–Crippen LogP) is 3.73. The Morgan fingerprint density at radius 2 is 1.74 bits per heavy atom. The van der Waals surface area contributed by atoms with Crippen LogP contribution in [0.15, 0.2) is 48.5 Å². The van der Waals surface area contributed by atoms with E-state index in [1.165, 1.54) is 0 Å². The highest BCUT2D eigenvalue weighted by Gasteiger charge is 2.27. The lowest BCUT2D eigenvalue weighted by molar-refractivity contribution is 0.0736. The summed E-state index contributed by atoms with van der Waals surface area (Å²) in [4.78, 5) is 14.7. The number of hydrogen-bond donors (Lipinski definition) is 2. The standard InChI is InChI=1S/C26H31N5O3/c1-17-14-21(20-8-9-23(33-2)24(15-20)34-3)28-25-16-22(29-31(17)25)18-4-6-19(7-5-18)26(32)30-12-10-27-11-13-30/h4-9,15-17,21,27-28H,10-14H2,1-3H3/t17-,21-/m0/s1. The SMILES string of the molecule is COc1ccc([C@@H]2C[C@H](C)n3nc(-c4ccc(C(=O)N5CCNCC5)cc4)cc3N2)cc1OC. The van der Waals surface area contributed by atoms with Crippen molar-refractivity contribution in [1.29, 1.82) is 0 Å². The number of benzene rings is 2. The average molecular weight is 462 g/mol. The molecular weight excluding hydrogens is 430 g/mol. The van der Waals surface area contributed by atoms with Crippen molar-refractivity contribution < 1.29 is 14.3 Å². The zero-order valence-corrected chi connectivity index (χ0v) is 19.9. The Balaban J connectivity index is 1.35. The van der Waals surface area contributed by atoms with Gasteiger partial charge in [0.1, 0.15) is 5.82 Å². The summed E-state index contributed by atoms with van der Waals surface area (Å²) in [6.45, 7) is 5.38. The van der Waals surface area contributed by atoms with E-state index in [-0.39, 0.29) is 18.0 Å². The van der Waals surface area contributed by atoms with E-state index in [1.807, 2.05) is 46.0 Å². The average Bonchev–Trinajstić information content (AvgIpc) is 3.33. The first-order valence-corrected chi connectivity index (χ1v) is 11.8. The van der Waals surface area contributed by atoms with E-state index >= 15 is 0 Å². The molecule has 1 saturated heterocycles. The third-order valence-electron chi connectivity index (χ3n) is 6.69. The summed E-state index contributed by atoms with van der Waals surface area (Å²) in [7, 11) is 3.30. The lowest BCUT2D eigenvalue weighted by Crippen LogP contribution is -2.46. The lowest BCUT2D eigenvalue weighted by atomic mass is 9.97. The van der Waals surface area contributed by atoms with Crippen molar-refractivity contribution in [2.24, 2.45) is 0 Å². The van der Waals surface area contributed by atoms with Gasteiger partial charge >= 0.3 is 0 Å². The topological polar surface area (TPSA) is 80.7 Å². The number of aromatic nitrogens is 2.